The highest BCUT2D eigenvalue weighted by atomic mass is 15.2. The molecule has 92 valence electrons. The second-order valence-electron chi connectivity index (χ2n) is 4.29. The number of nitrogens with two attached hydrogens (primary N) is 1. The first-order chi connectivity index (χ1) is 8.69. The lowest BCUT2D eigenvalue weighted by molar-refractivity contribution is 0.733. The number of nitrogens with zero attached hydrogens (tertiary/aromatic N) is 2. The van der Waals surface area contributed by atoms with Crippen LogP contribution in [0.25, 0.3) is 0 Å². The summed E-state index contributed by atoms with van der Waals surface area (Å²) in [6.07, 6.45) is 4.00. The molecule has 0 aliphatic heterocycles. The minimum atomic E-state index is 0.738. The molecule has 0 spiro atoms. The molecular weight excluding hydrogens is 222 g/mol. The lowest BCUT2D eigenvalue weighted by atomic mass is 10.1. The molecule has 3 heteroatoms. The van der Waals surface area contributed by atoms with Crippen LogP contribution >= 0.6 is 0 Å². The predicted octanol–water partition coefficient (Wildman–Crippen LogP) is 2.35. The van der Waals surface area contributed by atoms with Gasteiger partial charge in [0, 0.05) is 24.5 Å². The molecule has 3 nitrogen and oxygen atoms in total. The highest BCUT2D eigenvalue weighted by Crippen LogP contribution is 2.09. The summed E-state index contributed by atoms with van der Waals surface area (Å²) in [5.74, 6) is 6.30. The van der Waals surface area contributed by atoms with Crippen LogP contribution in [0.1, 0.15) is 30.2 Å². The molecule has 1 heterocycles. The minimum absolute atomic E-state index is 0.738. The van der Waals surface area contributed by atoms with Crippen LogP contribution in [-0.2, 0) is 13.5 Å². The van der Waals surface area contributed by atoms with Crippen molar-refractivity contribution in [2.45, 2.75) is 19.8 Å². The fourth-order valence-corrected chi connectivity index (χ4v) is 1.82. The highest BCUT2D eigenvalue weighted by molar-refractivity contribution is 5.50. The third-order valence-corrected chi connectivity index (χ3v) is 2.62. The van der Waals surface area contributed by atoms with Gasteiger partial charge in [0.05, 0.1) is 11.3 Å². The summed E-state index contributed by atoms with van der Waals surface area (Å²) < 4.78 is 1.81. The number of rotatable bonds is 2. The number of nitrogen functional groups attached to an aromatic ring is 1. The van der Waals surface area contributed by atoms with E-state index in [2.05, 4.69) is 23.9 Å². The van der Waals surface area contributed by atoms with Crippen molar-refractivity contribution in [3.63, 3.8) is 0 Å². The molecule has 2 aromatic rings. The van der Waals surface area contributed by atoms with Gasteiger partial charge in [-0.05, 0) is 24.6 Å². The Balaban J connectivity index is 2.29. The van der Waals surface area contributed by atoms with E-state index in [0.29, 0.717) is 0 Å². The zero-order valence-corrected chi connectivity index (χ0v) is 10.8. The van der Waals surface area contributed by atoms with Crippen molar-refractivity contribution >= 4 is 5.69 Å². The molecule has 0 saturated carbocycles. The number of aryl methyl sites for hydroxylation is 2. The molecular formula is C15H17N3. The molecule has 1 aromatic carbocycles. The Morgan fingerprint density at radius 3 is 2.89 bits per heavy atom. The number of hydrogen-bond donors (Lipinski definition) is 1. The lowest BCUT2D eigenvalue weighted by Gasteiger charge is -1.93. The highest BCUT2D eigenvalue weighted by Gasteiger charge is 2.03. The van der Waals surface area contributed by atoms with Crippen LogP contribution in [0.3, 0.4) is 0 Å². The summed E-state index contributed by atoms with van der Waals surface area (Å²) in [5, 5.41) is 4.42. The van der Waals surface area contributed by atoms with E-state index in [1.807, 2.05) is 42.2 Å². The smallest absolute Gasteiger partial charge is 0.0780 e. The number of aromatic nitrogens is 2. The van der Waals surface area contributed by atoms with Gasteiger partial charge in [-0.2, -0.15) is 5.10 Å². The summed E-state index contributed by atoms with van der Waals surface area (Å²) >= 11 is 0. The molecule has 0 radical (unpaired) electrons. The van der Waals surface area contributed by atoms with Gasteiger partial charge in [0.15, 0.2) is 0 Å². The molecule has 0 bridgehead atoms. The summed E-state index contributed by atoms with van der Waals surface area (Å²) in [6, 6.07) is 7.61. The summed E-state index contributed by atoms with van der Waals surface area (Å²) in [5.41, 5.74) is 9.46. The third kappa shape index (κ3) is 2.92. The second kappa shape index (κ2) is 5.42. The molecule has 0 unspecified atom stereocenters. The normalized spacial score (nSPS) is 9.89. The first kappa shape index (κ1) is 12.3. The standard InChI is InChI=1S/C15H17N3/c1-3-5-15-13(11-18(2)17-15)9-8-12-6-4-7-14(16)10-12/h4,6-7,10-11H,3,5,16H2,1-2H3. The van der Waals surface area contributed by atoms with E-state index in [4.69, 9.17) is 5.73 Å². The molecule has 0 atom stereocenters. The lowest BCUT2D eigenvalue weighted by Crippen LogP contribution is -1.91. The average Bonchev–Trinajstić information content (AvgIpc) is 2.68. The minimum Gasteiger partial charge on any atom is -0.399 e. The fraction of sp³-hybridized carbons (Fsp3) is 0.267. The number of hydrogen-bond acceptors (Lipinski definition) is 2. The molecule has 0 aliphatic carbocycles. The van der Waals surface area contributed by atoms with E-state index in [-0.39, 0.29) is 0 Å². The first-order valence-corrected chi connectivity index (χ1v) is 6.09. The average molecular weight is 239 g/mol. The van der Waals surface area contributed by atoms with Crippen LogP contribution in [-0.4, -0.2) is 9.78 Å². The van der Waals surface area contributed by atoms with Crippen LogP contribution in [0.4, 0.5) is 5.69 Å². The molecule has 0 amide bonds. The molecule has 2 N–H and O–H groups in total. The maximum absolute atomic E-state index is 5.73. The maximum Gasteiger partial charge on any atom is 0.0780 e. The Labute approximate surface area is 108 Å². The molecule has 2 rings (SSSR count). The number of benzene rings is 1. The van der Waals surface area contributed by atoms with E-state index in [1.54, 1.807) is 0 Å². The Hall–Kier alpha value is -2.21. The van der Waals surface area contributed by atoms with Crippen molar-refractivity contribution in [3.8, 4) is 11.8 Å². The molecule has 0 aliphatic rings. The topological polar surface area (TPSA) is 43.8 Å². The monoisotopic (exact) mass is 239 g/mol. The van der Waals surface area contributed by atoms with Gasteiger partial charge in [0.2, 0.25) is 0 Å². The van der Waals surface area contributed by atoms with E-state index in [1.165, 1.54) is 0 Å². The van der Waals surface area contributed by atoms with Crippen molar-refractivity contribution in [1.82, 2.24) is 9.78 Å². The predicted molar refractivity (Wildman–Crippen MR) is 74.0 cm³/mol. The fourth-order valence-electron chi connectivity index (χ4n) is 1.82. The van der Waals surface area contributed by atoms with E-state index >= 15 is 0 Å². The van der Waals surface area contributed by atoms with E-state index in [9.17, 15) is 0 Å². The van der Waals surface area contributed by atoms with Gasteiger partial charge in [-0.3, -0.25) is 4.68 Å². The molecule has 1 aromatic heterocycles. The van der Waals surface area contributed by atoms with Gasteiger partial charge in [0.25, 0.3) is 0 Å². The van der Waals surface area contributed by atoms with Crippen molar-refractivity contribution in [1.29, 1.82) is 0 Å². The van der Waals surface area contributed by atoms with Crippen LogP contribution in [0.2, 0.25) is 0 Å². The second-order valence-corrected chi connectivity index (χ2v) is 4.29. The SMILES string of the molecule is CCCc1nn(C)cc1C#Cc1cccc(N)c1. The Morgan fingerprint density at radius 2 is 2.17 bits per heavy atom. The van der Waals surface area contributed by atoms with Gasteiger partial charge < -0.3 is 5.73 Å². The first-order valence-electron chi connectivity index (χ1n) is 6.09. The number of anilines is 1. The van der Waals surface area contributed by atoms with Gasteiger partial charge in [-0.25, -0.2) is 0 Å². The zero-order chi connectivity index (χ0) is 13.0. The van der Waals surface area contributed by atoms with Gasteiger partial charge in [-0.1, -0.05) is 31.3 Å². The maximum atomic E-state index is 5.73. The van der Waals surface area contributed by atoms with Gasteiger partial charge in [0.1, 0.15) is 0 Å². The van der Waals surface area contributed by atoms with E-state index in [0.717, 1.165) is 35.3 Å². The van der Waals surface area contributed by atoms with Crippen LogP contribution in [0.15, 0.2) is 30.5 Å². The van der Waals surface area contributed by atoms with Crippen LogP contribution in [0.5, 0.6) is 0 Å². The van der Waals surface area contributed by atoms with Gasteiger partial charge in [-0.15, -0.1) is 0 Å². The van der Waals surface area contributed by atoms with Gasteiger partial charge >= 0.3 is 0 Å². The van der Waals surface area contributed by atoms with Crippen LogP contribution < -0.4 is 5.73 Å². The molecule has 0 fully saturated rings. The quantitative estimate of drug-likeness (QED) is 0.646. The largest absolute Gasteiger partial charge is 0.399 e. The van der Waals surface area contributed by atoms with Crippen molar-refractivity contribution in [3.05, 3.63) is 47.3 Å². The van der Waals surface area contributed by atoms with E-state index < -0.39 is 0 Å². The Kier molecular flexibility index (Phi) is 3.69. The Morgan fingerprint density at radius 1 is 1.33 bits per heavy atom. The summed E-state index contributed by atoms with van der Waals surface area (Å²) in [7, 11) is 1.92. The summed E-state index contributed by atoms with van der Waals surface area (Å²) in [6.45, 7) is 2.14. The van der Waals surface area contributed by atoms with Crippen molar-refractivity contribution in [2.75, 3.05) is 5.73 Å². The summed E-state index contributed by atoms with van der Waals surface area (Å²) in [4.78, 5) is 0. The third-order valence-electron chi connectivity index (χ3n) is 2.62. The van der Waals surface area contributed by atoms with Crippen LogP contribution in [0, 0.1) is 11.8 Å². The molecule has 0 saturated heterocycles. The Bertz CT molecular complexity index is 600. The van der Waals surface area contributed by atoms with Crippen molar-refractivity contribution in [2.24, 2.45) is 7.05 Å². The molecule has 18 heavy (non-hydrogen) atoms. The zero-order valence-electron chi connectivity index (χ0n) is 10.8. The van der Waals surface area contributed by atoms with Crippen molar-refractivity contribution < 1.29 is 0 Å².